The molecule has 0 aliphatic carbocycles. The fraction of sp³-hybridized carbons (Fsp3) is 1.00. The average Bonchev–Trinajstić information content (AvgIpc) is 0.811. The fourth-order valence-corrected chi connectivity index (χ4v) is 0. The van der Waals surface area contributed by atoms with Gasteiger partial charge in [-0.15, -0.1) is 0 Å². The molecule has 0 radical (unpaired) electrons. The van der Waals surface area contributed by atoms with Crippen molar-refractivity contribution in [3.63, 3.8) is 0 Å². The van der Waals surface area contributed by atoms with Crippen LogP contribution in [0.3, 0.4) is 0 Å². The molecule has 0 aromatic carbocycles. The molecule has 4 heavy (non-hydrogen) atoms. The van der Waals surface area contributed by atoms with Gasteiger partial charge in [0, 0.05) is 0 Å². The van der Waals surface area contributed by atoms with Gasteiger partial charge in [0.2, 0.25) is 0 Å². The maximum atomic E-state index is 2.53. The van der Waals surface area contributed by atoms with Gasteiger partial charge < -0.3 is 0 Å². The normalized spacial score (nSPS) is 9.00. The van der Waals surface area contributed by atoms with Crippen LogP contribution in [0.2, 0.25) is 11.5 Å². The van der Waals surface area contributed by atoms with Crippen molar-refractivity contribution in [3.05, 3.63) is 0 Å². The van der Waals surface area contributed by atoms with Gasteiger partial charge in [-0.1, -0.05) is 0 Å². The van der Waals surface area contributed by atoms with Crippen LogP contribution < -0.4 is 0 Å². The Morgan fingerprint density at radius 3 is 1.50 bits per heavy atom. The molecule has 0 rings (SSSR count). The van der Waals surface area contributed by atoms with E-state index in [2.05, 4.69) is 31.7 Å². The van der Waals surface area contributed by atoms with Gasteiger partial charge in [0.1, 0.15) is 0 Å². The molecule has 0 bridgehead atoms. The van der Waals surface area contributed by atoms with E-state index in [0.717, 1.165) is 0 Å². The van der Waals surface area contributed by atoms with Crippen molar-refractivity contribution in [3.8, 4) is 0 Å². The van der Waals surface area contributed by atoms with Gasteiger partial charge in [0.15, 0.2) is 0 Å². The zero-order valence-corrected chi connectivity index (χ0v) is 7.54. The van der Waals surface area contributed by atoms with Crippen molar-refractivity contribution >= 4 is 31.3 Å². The van der Waals surface area contributed by atoms with E-state index in [4.69, 9.17) is 0 Å². The molecule has 0 atom stereocenters. The Labute approximate surface area is 42.7 Å². The van der Waals surface area contributed by atoms with Crippen molar-refractivity contribution < 1.29 is 0 Å². The predicted molar refractivity (Wildman–Crippen MR) is 32.9 cm³/mol. The molecule has 0 saturated heterocycles. The third-order valence-electron chi connectivity index (χ3n) is 0. The second-order valence-electron chi connectivity index (χ2n) is 1.01. The first-order valence-corrected chi connectivity index (χ1v) is 13.6. The SMILES string of the molecule is [CH3][GeH]([CH3])[I]. The molecule has 0 aromatic rings. The summed E-state index contributed by atoms with van der Waals surface area (Å²) in [5, 5.41) is 0. The molecule has 0 fully saturated rings. The summed E-state index contributed by atoms with van der Waals surface area (Å²) >= 11 is 2.02. The Bertz CT molecular complexity index is 10.8. The van der Waals surface area contributed by atoms with E-state index in [1.165, 1.54) is 0 Å². The van der Waals surface area contributed by atoms with E-state index < -0.39 is 11.0 Å². The molecule has 0 aliphatic heterocycles. The van der Waals surface area contributed by atoms with Crippen molar-refractivity contribution in [1.82, 2.24) is 0 Å². The van der Waals surface area contributed by atoms with Crippen LogP contribution in [0.25, 0.3) is 0 Å². The van der Waals surface area contributed by atoms with Crippen molar-refractivity contribution in [1.29, 1.82) is 0 Å². The van der Waals surface area contributed by atoms with Crippen LogP contribution >= 0.6 is 20.2 Å². The summed E-state index contributed by atoms with van der Waals surface area (Å²) < 4.78 is 0. The van der Waals surface area contributed by atoms with Crippen molar-refractivity contribution in [2.24, 2.45) is 0 Å². The number of halogens is 1. The Balaban J connectivity index is 2.32. The van der Waals surface area contributed by atoms with Gasteiger partial charge in [-0.2, -0.15) is 0 Å². The first-order chi connectivity index (χ1) is 1.73. The molecule has 0 amide bonds. The van der Waals surface area contributed by atoms with Gasteiger partial charge >= 0.3 is 42.8 Å². The van der Waals surface area contributed by atoms with Crippen LogP contribution in [0.15, 0.2) is 0 Å². The van der Waals surface area contributed by atoms with E-state index in [1.54, 1.807) is 0 Å². The minimum absolute atomic E-state index is 0.509. The van der Waals surface area contributed by atoms with Gasteiger partial charge in [-0.05, 0) is 0 Å². The fourth-order valence-electron chi connectivity index (χ4n) is 0. The van der Waals surface area contributed by atoms with Gasteiger partial charge in [-0.25, -0.2) is 0 Å². The van der Waals surface area contributed by atoms with Crippen molar-refractivity contribution in [2.45, 2.75) is 11.5 Å². The molecule has 0 aliphatic rings. The van der Waals surface area contributed by atoms with E-state index in [9.17, 15) is 0 Å². The number of hydrogen-bond donors (Lipinski definition) is 0. The molecule has 0 spiro atoms. The second-order valence-corrected chi connectivity index (χ2v) is 18.2. The monoisotopic (exact) mass is 232 g/mol. The maximum absolute atomic E-state index is 2.53. The summed E-state index contributed by atoms with van der Waals surface area (Å²) in [5.74, 6) is 4.68. The first-order valence-electron chi connectivity index (χ1n) is 1.37. The summed E-state index contributed by atoms with van der Waals surface area (Å²) in [7, 11) is 0. The molecule has 0 aromatic heterocycles. The third kappa shape index (κ3) is 10.4. The summed E-state index contributed by atoms with van der Waals surface area (Å²) in [6.45, 7) is 0. The van der Waals surface area contributed by atoms with Crippen LogP contribution in [0.5, 0.6) is 0 Å². The van der Waals surface area contributed by atoms with Crippen LogP contribution in [0, 0.1) is 0 Å². The Morgan fingerprint density at radius 1 is 1.50 bits per heavy atom. The summed E-state index contributed by atoms with van der Waals surface area (Å²) in [4.78, 5) is 0. The summed E-state index contributed by atoms with van der Waals surface area (Å²) in [6.07, 6.45) is 0. The first kappa shape index (κ1) is 5.27. The summed E-state index contributed by atoms with van der Waals surface area (Å²) in [6, 6.07) is 0. The third-order valence-corrected chi connectivity index (χ3v) is 0. The van der Waals surface area contributed by atoms with E-state index in [-0.39, 0.29) is 0 Å². The Morgan fingerprint density at radius 2 is 1.50 bits per heavy atom. The topological polar surface area (TPSA) is 0 Å². The quantitative estimate of drug-likeness (QED) is 0.436. The number of rotatable bonds is 0. The average molecular weight is 231 g/mol. The number of hydrogen-bond acceptors (Lipinski definition) is 0. The summed E-state index contributed by atoms with van der Waals surface area (Å²) in [5.41, 5.74) is 0. The van der Waals surface area contributed by atoms with Crippen LogP contribution in [0.1, 0.15) is 0 Å². The molecular formula is C2H7GeI. The Hall–Kier alpha value is 1.27. The molecule has 2 heteroatoms. The van der Waals surface area contributed by atoms with Crippen LogP contribution in [-0.4, -0.2) is 11.0 Å². The molecule has 0 N–H and O–H groups in total. The van der Waals surface area contributed by atoms with E-state index in [1.807, 2.05) is 0 Å². The van der Waals surface area contributed by atoms with Crippen LogP contribution in [-0.2, 0) is 0 Å². The minimum atomic E-state index is -0.509. The van der Waals surface area contributed by atoms with Gasteiger partial charge in [0.05, 0.1) is 0 Å². The van der Waals surface area contributed by atoms with Gasteiger partial charge in [0.25, 0.3) is 0 Å². The van der Waals surface area contributed by atoms with E-state index >= 15 is 0 Å². The Kier molecular flexibility index (Phi) is 3.30. The molecular weight excluding hydrogens is 224 g/mol. The van der Waals surface area contributed by atoms with Crippen LogP contribution in [0.4, 0.5) is 0 Å². The molecule has 0 heterocycles. The molecule has 0 unspecified atom stereocenters. The zero-order valence-electron chi connectivity index (χ0n) is 2.96. The standard InChI is InChI=1S/C2H7GeI/c1-3(2)4/h3H,1-2H3. The molecule has 0 nitrogen and oxygen atoms in total. The predicted octanol–water partition coefficient (Wildman–Crippen LogP) is 1.40. The molecule has 0 saturated carbocycles. The van der Waals surface area contributed by atoms with Crippen molar-refractivity contribution in [2.75, 3.05) is 0 Å². The molecule has 26 valence electrons. The zero-order chi connectivity index (χ0) is 3.58. The van der Waals surface area contributed by atoms with E-state index in [0.29, 0.717) is 0 Å². The van der Waals surface area contributed by atoms with Gasteiger partial charge in [-0.3, -0.25) is 0 Å². The second kappa shape index (κ2) is 2.51.